The molecule has 192 valence electrons. The lowest BCUT2D eigenvalue weighted by molar-refractivity contribution is -0.359. The number of ether oxygens (including phenoxy) is 4. The van der Waals surface area contributed by atoms with E-state index in [4.69, 9.17) is 4.74 Å². The second kappa shape index (κ2) is 11.7. The topological polar surface area (TPSA) is 100 Å². The van der Waals surface area contributed by atoms with Crippen molar-refractivity contribution in [3.63, 3.8) is 0 Å². The maximum absolute atomic E-state index is 13.4. The minimum Gasteiger partial charge on any atom is -0.457 e. The van der Waals surface area contributed by atoms with Crippen LogP contribution in [-0.2, 0) is 25.4 Å². The Labute approximate surface area is 188 Å². The van der Waals surface area contributed by atoms with Gasteiger partial charge in [-0.2, -0.15) is 30.7 Å². The van der Waals surface area contributed by atoms with Gasteiger partial charge in [0, 0.05) is 6.42 Å². The maximum Gasteiger partial charge on any atom is 0.513 e. The fourth-order valence-corrected chi connectivity index (χ4v) is 2.24. The molecule has 0 saturated carbocycles. The number of amides is 1. The highest BCUT2D eigenvalue weighted by Crippen LogP contribution is 2.46. The minimum atomic E-state index is -6.60. The highest BCUT2D eigenvalue weighted by Gasteiger charge is 2.73. The Morgan fingerprint density at radius 1 is 0.882 bits per heavy atom. The molecular formula is C19H20F7NO7. The number of alkyl halides is 7. The summed E-state index contributed by atoms with van der Waals surface area (Å²) in [6.07, 6.45) is -9.28. The van der Waals surface area contributed by atoms with Crippen molar-refractivity contribution < 1.29 is 64.1 Å². The molecule has 1 rings (SSSR count). The van der Waals surface area contributed by atoms with Crippen molar-refractivity contribution in [2.45, 2.75) is 44.3 Å². The van der Waals surface area contributed by atoms with Gasteiger partial charge in [0.1, 0.15) is 11.8 Å². The van der Waals surface area contributed by atoms with Gasteiger partial charge < -0.3 is 24.3 Å². The highest BCUT2D eigenvalue weighted by atomic mass is 19.4. The van der Waals surface area contributed by atoms with Gasteiger partial charge >= 0.3 is 36.2 Å². The molecule has 1 atom stereocenters. The van der Waals surface area contributed by atoms with Crippen LogP contribution in [0.15, 0.2) is 24.3 Å². The number of rotatable bonds is 10. The Bertz CT molecular complexity index is 844. The number of alkyl carbamates (subject to hydrolysis) is 1. The van der Waals surface area contributed by atoms with Crippen LogP contribution < -0.4 is 10.1 Å². The summed E-state index contributed by atoms with van der Waals surface area (Å²) < 4.78 is 107. The van der Waals surface area contributed by atoms with E-state index >= 15 is 0 Å². The van der Waals surface area contributed by atoms with Gasteiger partial charge in [0.2, 0.25) is 0 Å². The van der Waals surface area contributed by atoms with Crippen LogP contribution in [0.1, 0.15) is 19.4 Å². The Hall–Kier alpha value is -3.26. The standard InChI is InChI=1S/C19H20F7NO7/c1-3-31-15(29)27-13(9-11-5-7-12(8-6-11)34-16(30)32-4-2)14(28)33-10-17(20,21)18(22,23)19(24,25)26/h5-8,13H,3-4,9-10H2,1-2H3,(H,27,29)/t13-/m0/s1. The summed E-state index contributed by atoms with van der Waals surface area (Å²) in [5.41, 5.74) is 0.224. The third kappa shape index (κ3) is 7.95. The van der Waals surface area contributed by atoms with Crippen LogP contribution in [0.2, 0.25) is 0 Å². The molecular weight excluding hydrogens is 487 g/mol. The van der Waals surface area contributed by atoms with Crippen molar-refractivity contribution in [2.24, 2.45) is 0 Å². The van der Waals surface area contributed by atoms with Gasteiger partial charge in [-0.3, -0.25) is 0 Å². The van der Waals surface area contributed by atoms with Gasteiger partial charge in [0.25, 0.3) is 0 Å². The van der Waals surface area contributed by atoms with Gasteiger partial charge in [0.15, 0.2) is 6.61 Å². The number of hydrogen-bond donors (Lipinski definition) is 1. The minimum absolute atomic E-state index is 0.0219. The van der Waals surface area contributed by atoms with E-state index in [9.17, 15) is 45.1 Å². The first-order chi connectivity index (χ1) is 15.6. The van der Waals surface area contributed by atoms with Crippen LogP contribution in [0.25, 0.3) is 0 Å². The first-order valence-corrected chi connectivity index (χ1v) is 9.50. The molecule has 0 fully saturated rings. The smallest absolute Gasteiger partial charge is 0.457 e. The van der Waals surface area contributed by atoms with Crippen molar-refractivity contribution in [3.8, 4) is 5.75 Å². The Kier molecular flexibility index (Phi) is 9.94. The largest absolute Gasteiger partial charge is 0.513 e. The number of esters is 1. The van der Waals surface area contributed by atoms with Crippen LogP contribution in [0.5, 0.6) is 5.75 Å². The quantitative estimate of drug-likeness (QED) is 0.219. The van der Waals surface area contributed by atoms with Crippen LogP contribution in [0.3, 0.4) is 0 Å². The molecule has 0 aliphatic heterocycles. The second-order valence-corrected chi connectivity index (χ2v) is 6.43. The summed E-state index contributed by atoms with van der Waals surface area (Å²) in [6, 6.07) is 3.27. The number of carbonyl (C=O) groups excluding carboxylic acids is 3. The Balaban J connectivity index is 2.95. The first kappa shape index (κ1) is 28.8. The van der Waals surface area contributed by atoms with Crippen molar-refractivity contribution in [2.75, 3.05) is 19.8 Å². The fraction of sp³-hybridized carbons (Fsp3) is 0.526. The number of nitrogens with one attached hydrogen (secondary N) is 1. The molecule has 15 heteroatoms. The van der Waals surface area contributed by atoms with Gasteiger partial charge in [-0.05, 0) is 31.5 Å². The molecule has 0 saturated heterocycles. The average molecular weight is 507 g/mol. The zero-order valence-electron chi connectivity index (χ0n) is 17.7. The number of benzene rings is 1. The second-order valence-electron chi connectivity index (χ2n) is 6.43. The maximum atomic E-state index is 13.4. The summed E-state index contributed by atoms with van der Waals surface area (Å²) in [5.74, 6) is -14.0. The number of hydrogen-bond acceptors (Lipinski definition) is 7. The van der Waals surface area contributed by atoms with Crippen molar-refractivity contribution in [1.29, 1.82) is 0 Å². The van der Waals surface area contributed by atoms with Gasteiger partial charge in [-0.1, -0.05) is 12.1 Å². The molecule has 0 aromatic heterocycles. The highest BCUT2D eigenvalue weighted by molar-refractivity contribution is 5.81. The predicted octanol–water partition coefficient (Wildman–Crippen LogP) is 4.26. The van der Waals surface area contributed by atoms with Crippen molar-refractivity contribution >= 4 is 18.2 Å². The molecule has 1 amide bonds. The average Bonchev–Trinajstić information content (AvgIpc) is 2.72. The predicted molar refractivity (Wildman–Crippen MR) is 98.6 cm³/mol. The molecule has 0 aliphatic carbocycles. The molecule has 1 aromatic carbocycles. The van der Waals surface area contributed by atoms with Crippen LogP contribution in [0, 0.1) is 0 Å². The van der Waals surface area contributed by atoms with Crippen molar-refractivity contribution in [1.82, 2.24) is 5.32 Å². The molecule has 0 radical (unpaired) electrons. The van der Waals surface area contributed by atoms with Gasteiger partial charge in [-0.15, -0.1) is 0 Å². The number of halogens is 7. The zero-order chi connectivity index (χ0) is 26.2. The van der Waals surface area contributed by atoms with E-state index in [1.807, 2.05) is 5.32 Å². The van der Waals surface area contributed by atoms with Gasteiger partial charge in [-0.25, -0.2) is 14.4 Å². The molecule has 1 N–H and O–H groups in total. The van der Waals surface area contributed by atoms with Crippen molar-refractivity contribution in [3.05, 3.63) is 29.8 Å². The third-order valence-corrected chi connectivity index (χ3v) is 3.89. The zero-order valence-corrected chi connectivity index (χ0v) is 17.7. The van der Waals surface area contributed by atoms with Crippen LogP contribution in [0.4, 0.5) is 40.3 Å². The van der Waals surface area contributed by atoms with Gasteiger partial charge in [0.05, 0.1) is 13.2 Å². The SMILES string of the molecule is CCOC(=O)N[C@@H](Cc1ccc(OC(=O)OCC)cc1)C(=O)OCC(F)(F)C(F)(F)C(F)(F)F. The molecule has 8 nitrogen and oxygen atoms in total. The summed E-state index contributed by atoms with van der Waals surface area (Å²) in [6.45, 7) is 0.221. The molecule has 1 aromatic rings. The van der Waals surface area contributed by atoms with Crippen LogP contribution >= 0.6 is 0 Å². The lowest BCUT2D eigenvalue weighted by Gasteiger charge is -2.28. The number of carbonyl (C=O) groups is 3. The fourth-order valence-electron chi connectivity index (χ4n) is 2.24. The summed E-state index contributed by atoms with van der Waals surface area (Å²) in [5, 5.41) is 1.94. The van der Waals surface area contributed by atoms with E-state index in [2.05, 4.69) is 14.2 Å². The van der Waals surface area contributed by atoms with Crippen LogP contribution in [-0.4, -0.2) is 62.1 Å². The molecule has 34 heavy (non-hydrogen) atoms. The van der Waals surface area contributed by atoms with E-state index in [0.29, 0.717) is 0 Å². The third-order valence-electron chi connectivity index (χ3n) is 3.89. The Morgan fingerprint density at radius 3 is 1.94 bits per heavy atom. The van der Waals surface area contributed by atoms with E-state index in [0.717, 1.165) is 0 Å². The molecule has 0 aliphatic rings. The van der Waals surface area contributed by atoms with E-state index in [1.165, 1.54) is 31.2 Å². The summed E-state index contributed by atoms with van der Waals surface area (Å²) in [7, 11) is 0. The summed E-state index contributed by atoms with van der Waals surface area (Å²) >= 11 is 0. The van der Waals surface area contributed by atoms with E-state index in [1.54, 1.807) is 6.92 Å². The monoisotopic (exact) mass is 507 g/mol. The summed E-state index contributed by atoms with van der Waals surface area (Å²) in [4.78, 5) is 35.1. The van der Waals surface area contributed by atoms with E-state index in [-0.39, 0.29) is 24.5 Å². The molecule has 0 spiro atoms. The molecule has 0 heterocycles. The van der Waals surface area contributed by atoms with E-state index < -0.39 is 55.3 Å². The Morgan fingerprint density at radius 2 is 1.44 bits per heavy atom. The lowest BCUT2D eigenvalue weighted by Crippen LogP contribution is -2.55. The molecule has 0 bridgehead atoms. The lowest BCUT2D eigenvalue weighted by atomic mass is 10.1. The normalized spacial score (nSPS) is 13.0. The molecule has 0 unspecified atom stereocenters. The first-order valence-electron chi connectivity index (χ1n) is 9.50.